The van der Waals surface area contributed by atoms with Gasteiger partial charge in [-0.05, 0) is 53.8 Å². The molecule has 3 N–H and O–H groups in total. The average molecular weight is 655 g/mol. The number of hydrogen-bond acceptors (Lipinski definition) is 8. The number of methoxy groups -OCH3 is 1. The Morgan fingerprint density at radius 2 is 1.33 bits per heavy atom. The van der Waals surface area contributed by atoms with Crippen molar-refractivity contribution >= 4 is 29.2 Å². The number of furan rings is 1. The summed E-state index contributed by atoms with van der Waals surface area (Å²) in [6, 6.07) is 21.1. The zero-order chi connectivity index (χ0) is 34.6. The topological polar surface area (TPSA) is 170 Å². The second kappa shape index (κ2) is 16.7. The molecule has 3 aromatic carbocycles. The summed E-state index contributed by atoms with van der Waals surface area (Å²) in [6.45, 7) is 3.83. The fraction of sp³-hybridized carbons (Fsp3) is 0.278. The van der Waals surface area contributed by atoms with Gasteiger partial charge >= 0.3 is 0 Å². The molecule has 3 atom stereocenters. The minimum atomic E-state index is -1.22. The number of ketones is 1. The summed E-state index contributed by atoms with van der Waals surface area (Å²) >= 11 is 0. The van der Waals surface area contributed by atoms with Crippen molar-refractivity contribution in [2.45, 2.75) is 51.2 Å². The van der Waals surface area contributed by atoms with Crippen LogP contribution in [0.5, 0.6) is 5.75 Å². The van der Waals surface area contributed by atoms with Crippen LogP contribution < -0.4 is 20.7 Å². The van der Waals surface area contributed by atoms with E-state index in [1.807, 2.05) is 13.8 Å². The Bertz CT molecular complexity index is 1710. The molecule has 1 heterocycles. The molecule has 0 saturated carbocycles. The van der Waals surface area contributed by atoms with Crippen LogP contribution in [0.2, 0.25) is 0 Å². The van der Waals surface area contributed by atoms with Crippen LogP contribution in [0.25, 0.3) is 0 Å². The lowest BCUT2D eigenvalue weighted by Gasteiger charge is -2.26. The maximum absolute atomic E-state index is 14.0. The Balaban J connectivity index is 1.64. The summed E-state index contributed by atoms with van der Waals surface area (Å²) in [5.74, 6) is -1.81. The highest BCUT2D eigenvalue weighted by Crippen LogP contribution is 2.19. The summed E-state index contributed by atoms with van der Waals surface area (Å²) in [7, 11) is 1.53. The Hall–Kier alpha value is -5.78. The zero-order valence-corrected chi connectivity index (χ0v) is 26.9. The number of carbonyl (C=O) groups is 4. The second-order valence-electron chi connectivity index (χ2n) is 11.6. The molecule has 4 rings (SSSR count). The lowest BCUT2D eigenvalue weighted by Crippen LogP contribution is -2.57. The first kappa shape index (κ1) is 35.1. The van der Waals surface area contributed by atoms with Gasteiger partial charge in [0.2, 0.25) is 17.6 Å². The number of nitro groups is 1. The fourth-order valence-electron chi connectivity index (χ4n) is 5.16. The minimum absolute atomic E-state index is 0.0306. The molecule has 0 aliphatic carbocycles. The van der Waals surface area contributed by atoms with Gasteiger partial charge in [0, 0.05) is 18.9 Å². The largest absolute Gasteiger partial charge is 0.497 e. The van der Waals surface area contributed by atoms with E-state index in [1.165, 1.54) is 43.7 Å². The molecule has 250 valence electrons. The molecular weight excluding hydrogens is 616 g/mol. The summed E-state index contributed by atoms with van der Waals surface area (Å²) in [5, 5.41) is 19.8. The summed E-state index contributed by atoms with van der Waals surface area (Å²) in [4.78, 5) is 65.5. The summed E-state index contributed by atoms with van der Waals surface area (Å²) in [5.41, 5.74) is 0.771. The van der Waals surface area contributed by atoms with Crippen molar-refractivity contribution in [1.29, 1.82) is 0 Å². The van der Waals surface area contributed by atoms with Crippen molar-refractivity contribution in [2.75, 3.05) is 7.11 Å². The van der Waals surface area contributed by atoms with E-state index in [0.717, 1.165) is 0 Å². The predicted molar refractivity (Wildman–Crippen MR) is 178 cm³/mol. The minimum Gasteiger partial charge on any atom is -0.497 e. The van der Waals surface area contributed by atoms with E-state index in [1.54, 1.807) is 60.7 Å². The van der Waals surface area contributed by atoms with E-state index in [2.05, 4.69) is 16.0 Å². The van der Waals surface area contributed by atoms with Gasteiger partial charge in [-0.1, -0.05) is 68.4 Å². The molecule has 0 unspecified atom stereocenters. The lowest BCUT2D eigenvalue weighted by molar-refractivity contribution is -0.385. The van der Waals surface area contributed by atoms with Gasteiger partial charge in [-0.3, -0.25) is 29.3 Å². The van der Waals surface area contributed by atoms with E-state index in [4.69, 9.17) is 9.15 Å². The van der Waals surface area contributed by atoms with Gasteiger partial charge in [-0.2, -0.15) is 0 Å². The predicted octanol–water partition coefficient (Wildman–Crippen LogP) is 4.68. The third-order valence-corrected chi connectivity index (χ3v) is 7.59. The first-order valence-electron chi connectivity index (χ1n) is 15.4. The molecular formula is C36H38N4O8. The molecule has 4 aromatic rings. The molecule has 48 heavy (non-hydrogen) atoms. The third-order valence-electron chi connectivity index (χ3n) is 7.59. The van der Waals surface area contributed by atoms with Crippen molar-refractivity contribution in [3.8, 4) is 5.75 Å². The van der Waals surface area contributed by atoms with Crippen LogP contribution in [0.4, 0.5) is 5.69 Å². The number of ether oxygens (including phenoxy) is 1. The van der Waals surface area contributed by atoms with Crippen molar-refractivity contribution in [1.82, 2.24) is 16.0 Å². The molecule has 0 spiro atoms. The highest BCUT2D eigenvalue weighted by atomic mass is 16.6. The molecule has 0 fully saturated rings. The SMILES string of the molecule is COc1ccc(C[C@H](NC(=O)[C@H](Cc2ccccc2)NC(=O)c2ccccc2[N+](=O)[O-])C(=O)N[C@@H](CC(C)C)C(=O)c2ccco2)cc1. The number of hydrogen-bond donors (Lipinski definition) is 3. The number of benzene rings is 3. The zero-order valence-electron chi connectivity index (χ0n) is 26.9. The van der Waals surface area contributed by atoms with Gasteiger partial charge in [0.25, 0.3) is 11.6 Å². The van der Waals surface area contributed by atoms with E-state index in [0.29, 0.717) is 23.3 Å². The number of nitrogens with zero attached hydrogens (tertiary/aromatic N) is 1. The molecule has 3 amide bonds. The lowest BCUT2D eigenvalue weighted by atomic mass is 9.97. The molecule has 0 saturated heterocycles. The average Bonchev–Trinajstić information content (AvgIpc) is 3.63. The summed E-state index contributed by atoms with van der Waals surface area (Å²) in [6.07, 6.45) is 1.76. The Morgan fingerprint density at radius 1 is 0.750 bits per heavy atom. The van der Waals surface area contributed by atoms with Crippen molar-refractivity contribution in [3.63, 3.8) is 0 Å². The molecule has 12 heteroatoms. The van der Waals surface area contributed by atoms with Crippen molar-refractivity contribution < 1.29 is 33.3 Å². The number of para-hydroxylation sites is 1. The quantitative estimate of drug-likeness (QED) is 0.0889. The molecule has 0 aliphatic heterocycles. The Labute approximate surface area is 278 Å². The van der Waals surface area contributed by atoms with Crippen molar-refractivity contribution in [3.05, 3.63) is 130 Å². The summed E-state index contributed by atoms with van der Waals surface area (Å²) < 4.78 is 10.5. The first-order valence-corrected chi connectivity index (χ1v) is 15.4. The van der Waals surface area contributed by atoms with E-state index >= 15 is 0 Å². The van der Waals surface area contributed by atoms with Crippen molar-refractivity contribution in [2.24, 2.45) is 5.92 Å². The molecule has 0 aliphatic rings. The van der Waals surface area contributed by atoms with Gasteiger partial charge in [-0.25, -0.2) is 0 Å². The fourth-order valence-corrected chi connectivity index (χ4v) is 5.16. The molecule has 0 bridgehead atoms. The monoisotopic (exact) mass is 654 g/mol. The van der Waals surface area contributed by atoms with Gasteiger partial charge in [0.1, 0.15) is 23.4 Å². The highest BCUT2D eigenvalue weighted by molar-refractivity contribution is 6.02. The Morgan fingerprint density at radius 3 is 1.92 bits per heavy atom. The third kappa shape index (κ3) is 9.61. The maximum Gasteiger partial charge on any atom is 0.282 e. The van der Waals surface area contributed by atoms with Crippen LogP contribution in [-0.4, -0.2) is 53.7 Å². The van der Waals surface area contributed by atoms with Crippen LogP contribution in [0, 0.1) is 16.0 Å². The van der Waals surface area contributed by atoms with Gasteiger partial charge in [0.05, 0.1) is 24.3 Å². The molecule has 0 radical (unpaired) electrons. The van der Waals surface area contributed by atoms with Crippen LogP contribution in [-0.2, 0) is 22.4 Å². The van der Waals surface area contributed by atoms with Gasteiger partial charge in [-0.15, -0.1) is 0 Å². The Kier molecular flexibility index (Phi) is 12.2. The van der Waals surface area contributed by atoms with Crippen LogP contribution in [0.15, 0.2) is 102 Å². The number of amides is 3. The second-order valence-corrected chi connectivity index (χ2v) is 11.6. The van der Waals surface area contributed by atoms with E-state index < -0.39 is 52.2 Å². The number of Topliss-reactive ketones (excluding diaryl/α,β-unsaturated/α-hetero) is 1. The number of carbonyl (C=O) groups excluding carboxylic acids is 4. The maximum atomic E-state index is 14.0. The standard InChI is InChI=1S/C36H38N4O8/c1-23(2)20-28(33(41)32-14-9-19-48-32)37-35(43)30(22-25-15-17-26(47-3)18-16-25)39-36(44)29(21-24-10-5-4-6-11-24)38-34(42)27-12-7-8-13-31(27)40(45)46/h4-19,23,28-30H,20-22H2,1-3H3,(H,37,43)(H,38,42)(H,39,44)/t28-,29-,30-/m0/s1. The molecule has 1 aromatic heterocycles. The van der Waals surface area contributed by atoms with Crippen LogP contribution in [0.1, 0.15) is 52.3 Å². The number of rotatable bonds is 16. The first-order chi connectivity index (χ1) is 23.0. The number of nitro benzene ring substituents is 1. The van der Waals surface area contributed by atoms with Crippen LogP contribution >= 0.6 is 0 Å². The highest BCUT2D eigenvalue weighted by Gasteiger charge is 2.32. The van der Waals surface area contributed by atoms with Gasteiger partial charge in [0.15, 0.2) is 5.76 Å². The molecule has 12 nitrogen and oxygen atoms in total. The van der Waals surface area contributed by atoms with E-state index in [9.17, 15) is 29.3 Å². The number of nitrogens with one attached hydrogen (secondary N) is 3. The van der Waals surface area contributed by atoms with Gasteiger partial charge < -0.3 is 25.1 Å². The van der Waals surface area contributed by atoms with E-state index in [-0.39, 0.29) is 30.1 Å². The normalized spacial score (nSPS) is 12.8. The smallest absolute Gasteiger partial charge is 0.282 e. The van der Waals surface area contributed by atoms with Crippen LogP contribution in [0.3, 0.4) is 0 Å².